The second-order valence-corrected chi connectivity index (χ2v) is 7.36. The number of hydrogen-bond donors (Lipinski definition) is 0. The van der Waals surface area contributed by atoms with E-state index in [0.717, 1.165) is 17.7 Å². The first-order valence-electron chi connectivity index (χ1n) is 9.16. The van der Waals surface area contributed by atoms with Crippen molar-refractivity contribution in [1.82, 2.24) is 4.90 Å². The minimum atomic E-state index is -0.104. The normalized spacial score (nSPS) is 16.6. The fourth-order valence-corrected chi connectivity index (χ4v) is 3.89. The molecule has 1 aliphatic rings. The van der Waals surface area contributed by atoms with Crippen LogP contribution in [0, 0.1) is 0 Å². The zero-order chi connectivity index (χ0) is 21.0. The Morgan fingerprint density at radius 2 is 1.66 bits per heavy atom. The number of aryl methyl sites for hydroxylation is 1. The molecule has 2 aromatic rings. The Labute approximate surface area is 175 Å². The van der Waals surface area contributed by atoms with Crippen LogP contribution in [-0.4, -0.2) is 44.4 Å². The molecular weight excluding hydrogens is 388 g/mol. The summed E-state index contributed by atoms with van der Waals surface area (Å²) in [5, 5.41) is 0.637. The van der Waals surface area contributed by atoms with Crippen molar-refractivity contribution < 1.29 is 19.0 Å². The third-order valence-corrected chi connectivity index (χ3v) is 5.62. The van der Waals surface area contributed by atoms with Gasteiger partial charge in [-0.05, 0) is 59.7 Å². The molecule has 6 nitrogen and oxygen atoms in total. The second-order valence-electron chi connectivity index (χ2n) is 6.35. The molecule has 0 radical (unpaired) electrons. The summed E-state index contributed by atoms with van der Waals surface area (Å²) in [5.41, 5.74) is 2.84. The van der Waals surface area contributed by atoms with Crippen molar-refractivity contribution in [2.24, 2.45) is 4.99 Å². The molecule has 0 N–H and O–H groups in total. The number of amidine groups is 1. The number of amides is 1. The average molecular weight is 413 g/mol. The molecule has 0 atom stereocenters. The van der Waals surface area contributed by atoms with Gasteiger partial charge < -0.3 is 14.2 Å². The van der Waals surface area contributed by atoms with Gasteiger partial charge in [0.25, 0.3) is 5.91 Å². The molecule has 1 heterocycles. The number of hydrogen-bond acceptors (Lipinski definition) is 6. The molecule has 1 saturated heterocycles. The second kappa shape index (κ2) is 9.05. The van der Waals surface area contributed by atoms with Crippen LogP contribution < -0.4 is 14.2 Å². The standard InChI is InChI=1S/C22H24N2O4S/c1-6-14-7-9-16(10-8-14)23-22-24(2)21(25)19(29-22)13-15-11-17(26-3)20(28-5)18(12-15)27-4/h7-13H,6H2,1-5H3/b19-13+,23-22?. The number of carbonyl (C=O) groups excluding carboxylic acids is 1. The lowest BCUT2D eigenvalue weighted by Gasteiger charge is -2.13. The lowest BCUT2D eigenvalue weighted by Crippen LogP contribution is -2.23. The van der Waals surface area contributed by atoms with E-state index < -0.39 is 0 Å². The Balaban J connectivity index is 1.92. The molecule has 0 bridgehead atoms. The van der Waals surface area contributed by atoms with Gasteiger partial charge in [-0.3, -0.25) is 9.69 Å². The Kier molecular flexibility index (Phi) is 6.49. The first-order valence-corrected chi connectivity index (χ1v) is 9.97. The van der Waals surface area contributed by atoms with Crippen LogP contribution in [0.15, 0.2) is 46.3 Å². The molecular formula is C22H24N2O4S. The molecule has 0 spiro atoms. The van der Waals surface area contributed by atoms with Crippen LogP contribution in [0.2, 0.25) is 0 Å². The quantitative estimate of drug-likeness (QED) is 0.654. The average Bonchev–Trinajstić information content (AvgIpc) is 3.01. The Bertz CT molecular complexity index is 942. The van der Waals surface area contributed by atoms with Gasteiger partial charge in [0.1, 0.15) is 0 Å². The summed E-state index contributed by atoms with van der Waals surface area (Å²) in [6.07, 6.45) is 2.78. The highest BCUT2D eigenvalue weighted by atomic mass is 32.2. The maximum atomic E-state index is 12.7. The summed E-state index contributed by atoms with van der Waals surface area (Å²) < 4.78 is 16.1. The molecule has 0 aliphatic carbocycles. The highest BCUT2D eigenvalue weighted by Gasteiger charge is 2.30. The highest BCUT2D eigenvalue weighted by Crippen LogP contribution is 2.40. The van der Waals surface area contributed by atoms with Crippen molar-refractivity contribution in [1.29, 1.82) is 0 Å². The fourth-order valence-electron chi connectivity index (χ4n) is 2.90. The van der Waals surface area contributed by atoms with Crippen LogP contribution in [0.1, 0.15) is 18.1 Å². The van der Waals surface area contributed by atoms with Gasteiger partial charge in [-0.2, -0.15) is 0 Å². The smallest absolute Gasteiger partial charge is 0.266 e. The molecule has 0 aromatic heterocycles. The van der Waals surface area contributed by atoms with Crippen LogP contribution in [-0.2, 0) is 11.2 Å². The lowest BCUT2D eigenvalue weighted by molar-refractivity contribution is -0.121. The number of carbonyl (C=O) groups is 1. The minimum Gasteiger partial charge on any atom is -0.493 e. The maximum absolute atomic E-state index is 12.7. The van der Waals surface area contributed by atoms with Crippen LogP contribution in [0.5, 0.6) is 17.2 Å². The van der Waals surface area contributed by atoms with E-state index in [0.29, 0.717) is 27.3 Å². The molecule has 1 aliphatic heterocycles. The molecule has 7 heteroatoms. The van der Waals surface area contributed by atoms with Crippen LogP contribution in [0.25, 0.3) is 6.08 Å². The van der Waals surface area contributed by atoms with E-state index in [-0.39, 0.29) is 5.91 Å². The summed E-state index contributed by atoms with van der Waals surface area (Å²) in [6, 6.07) is 11.6. The van der Waals surface area contributed by atoms with E-state index in [2.05, 4.69) is 11.9 Å². The third kappa shape index (κ3) is 4.40. The van der Waals surface area contributed by atoms with Gasteiger partial charge in [-0.25, -0.2) is 4.99 Å². The predicted octanol–water partition coefficient (Wildman–Crippen LogP) is 4.51. The Hall–Kier alpha value is -2.93. The van der Waals surface area contributed by atoms with Crippen molar-refractivity contribution >= 4 is 34.6 Å². The van der Waals surface area contributed by atoms with E-state index in [1.165, 1.54) is 17.3 Å². The van der Waals surface area contributed by atoms with Crippen molar-refractivity contribution in [3.8, 4) is 17.2 Å². The zero-order valence-electron chi connectivity index (χ0n) is 17.2. The van der Waals surface area contributed by atoms with Crippen molar-refractivity contribution in [3.63, 3.8) is 0 Å². The van der Waals surface area contributed by atoms with E-state index in [4.69, 9.17) is 14.2 Å². The third-order valence-electron chi connectivity index (χ3n) is 4.56. The Morgan fingerprint density at radius 3 is 2.17 bits per heavy atom. The van der Waals surface area contributed by atoms with Crippen LogP contribution in [0.4, 0.5) is 5.69 Å². The number of thioether (sulfide) groups is 1. The topological polar surface area (TPSA) is 60.4 Å². The molecule has 29 heavy (non-hydrogen) atoms. The van der Waals surface area contributed by atoms with Gasteiger partial charge in [-0.1, -0.05) is 19.1 Å². The van der Waals surface area contributed by atoms with Gasteiger partial charge in [0.05, 0.1) is 31.9 Å². The zero-order valence-corrected chi connectivity index (χ0v) is 18.0. The number of ether oxygens (including phenoxy) is 3. The summed E-state index contributed by atoms with van der Waals surface area (Å²) in [7, 11) is 6.41. The van der Waals surface area contributed by atoms with E-state index >= 15 is 0 Å². The predicted molar refractivity (Wildman–Crippen MR) is 117 cm³/mol. The summed E-state index contributed by atoms with van der Waals surface area (Å²) >= 11 is 1.34. The largest absolute Gasteiger partial charge is 0.493 e. The number of likely N-dealkylation sites (N-methyl/N-ethyl adjacent to an activating group) is 1. The van der Waals surface area contributed by atoms with Crippen molar-refractivity contribution in [2.75, 3.05) is 28.4 Å². The molecule has 2 aromatic carbocycles. The lowest BCUT2D eigenvalue weighted by atomic mass is 10.1. The van der Waals surface area contributed by atoms with E-state index in [9.17, 15) is 4.79 Å². The molecule has 0 unspecified atom stereocenters. The van der Waals surface area contributed by atoms with E-state index in [1.54, 1.807) is 51.5 Å². The number of methoxy groups -OCH3 is 3. The molecule has 1 fully saturated rings. The molecule has 0 saturated carbocycles. The number of aliphatic imine (C=N–C) groups is 1. The van der Waals surface area contributed by atoms with Gasteiger partial charge in [0.2, 0.25) is 5.75 Å². The van der Waals surface area contributed by atoms with Gasteiger partial charge >= 0.3 is 0 Å². The number of rotatable bonds is 6. The summed E-state index contributed by atoms with van der Waals surface area (Å²) in [4.78, 5) is 19.5. The Morgan fingerprint density at radius 1 is 1.03 bits per heavy atom. The highest BCUT2D eigenvalue weighted by molar-refractivity contribution is 8.18. The van der Waals surface area contributed by atoms with Crippen molar-refractivity contribution in [3.05, 3.63) is 52.4 Å². The van der Waals surface area contributed by atoms with Gasteiger partial charge in [-0.15, -0.1) is 0 Å². The van der Waals surface area contributed by atoms with Crippen molar-refractivity contribution in [2.45, 2.75) is 13.3 Å². The first-order chi connectivity index (χ1) is 14.0. The van der Waals surface area contributed by atoms with Gasteiger partial charge in [0.15, 0.2) is 16.7 Å². The first kappa shape index (κ1) is 20.8. The van der Waals surface area contributed by atoms with Gasteiger partial charge in [0, 0.05) is 7.05 Å². The van der Waals surface area contributed by atoms with Crippen LogP contribution in [0.3, 0.4) is 0 Å². The maximum Gasteiger partial charge on any atom is 0.266 e. The van der Waals surface area contributed by atoms with E-state index in [1.807, 2.05) is 24.3 Å². The summed E-state index contributed by atoms with van der Waals surface area (Å²) in [5.74, 6) is 1.48. The minimum absolute atomic E-state index is 0.104. The molecule has 3 rings (SSSR count). The number of benzene rings is 2. The fraction of sp³-hybridized carbons (Fsp3) is 0.273. The van der Waals surface area contributed by atoms with Crippen LogP contribution >= 0.6 is 11.8 Å². The summed E-state index contributed by atoms with van der Waals surface area (Å²) in [6.45, 7) is 2.11. The molecule has 1 amide bonds. The monoisotopic (exact) mass is 412 g/mol. The molecule has 152 valence electrons. The SMILES string of the molecule is CCc1ccc(N=C2S/C(=C/c3cc(OC)c(OC)c(OC)c3)C(=O)N2C)cc1. The number of nitrogens with zero attached hydrogens (tertiary/aromatic N) is 2.